The van der Waals surface area contributed by atoms with Crippen molar-refractivity contribution in [1.82, 2.24) is 5.32 Å². The van der Waals surface area contributed by atoms with Crippen LogP contribution in [0.2, 0.25) is 0 Å². The highest BCUT2D eigenvalue weighted by molar-refractivity contribution is 6.39. The fourth-order valence-corrected chi connectivity index (χ4v) is 1.64. The van der Waals surface area contributed by atoms with Crippen LogP contribution >= 0.6 is 0 Å². The van der Waals surface area contributed by atoms with Crippen molar-refractivity contribution in [2.24, 2.45) is 0 Å². The van der Waals surface area contributed by atoms with Crippen molar-refractivity contribution in [2.45, 2.75) is 13.5 Å². The number of nitrogens with one attached hydrogen (secondary N) is 2. The highest BCUT2D eigenvalue weighted by atomic mass is 16.3. The standard InChI is InChI=1S/C15H14N2O4/c1-10(18)11-4-6-12(7-5-11)17-15(20)14(19)16-9-13-3-2-8-21-13/h2-8H,9H2,1H3,(H,16,19)(H,17,20). The van der Waals surface area contributed by atoms with Crippen LogP contribution in [-0.2, 0) is 16.1 Å². The lowest BCUT2D eigenvalue weighted by molar-refractivity contribution is -0.136. The van der Waals surface area contributed by atoms with E-state index in [0.717, 1.165) is 0 Å². The predicted molar refractivity (Wildman–Crippen MR) is 75.6 cm³/mol. The number of carbonyl (C=O) groups is 3. The van der Waals surface area contributed by atoms with E-state index in [1.54, 1.807) is 36.4 Å². The first kappa shape index (κ1) is 14.5. The average molecular weight is 286 g/mol. The van der Waals surface area contributed by atoms with Gasteiger partial charge < -0.3 is 15.1 Å². The lowest BCUT2D eigenvalue weighted by Gasteiger charge is -2.06. The molecule has 0 radical (unpaired) electrons. The molecule has 21 heavy (non-hydrogen) atoms. The molecule has 108 valence electrons. The molecule has 2 N–H and O–H groups in total. The highest BCUT2D eigenvalue weighted by Gasteiger charge is 2.13. The van der Waals surface area contributed by atoms with E-state index in [9.17, 15) is 14.4 Å². The lowest BCUT2D eigenvalue weighted by atomic mass is 10.1. The summed E-state index contributed by atoms with van der Waals surface area (Å²) < 4.78 is 5.04. The Kier molecular flexibility index (Phi) is 4.50. The van der Waals surface area contributed by atoms with Gasteiger partial charge in [-0.2, -0.15) is 0 Å². The Morgan fingerprint density at radius 1 is 1.05 bits per heavy atom. The molecule has 2 rings (SSSR count). The van der Waals surface area contributed by atoms with Gasteiger partial charge in [0.2, 0.25) is 0 Å². The molecule has 1 heterocycles. The van der Waals surface area contributed by atoms with Crippen molar-refractivity contribution in [3.63, 3.8) is 0 Å². The van der Waals surface area contributed by atoms with E-state index >= 15 is 0 Å². The Labute approximate surface area is 121 Å². The molecular formula is C15H14N2O4. The fraction of sp³-hybridized carbons (Fsp3) is 0.133. The molecule has 2 amide bonds. The Morgan fingerprint density at radius 2 is 1.76 bits per heavy atom. The number of amides is 2. The summed E-state index contributed by atoms with van der Waals surface area (Å²) in [5.41, 5.74) is 0.980. The summed E-state index contributed by atoms with van der Waals surface area (Å²) in [4.78, 5) is 34.4. The highest BCUT2D eigenvalue weighted by Crippen LogP contribution is 2.09. The van der Waals surface area contributed by atoms with Crippen molar-refractivity contribution >= 4 is 23.3 Å². The van der Waals surface area contributed by atoms with E-state index < -0.39 is 11.8 Å². The van der Waals surface area contributed by atoms with E-state index in [1.165, 1.54) is 13.2 Å². The van der Waals surface area contributed by atoms with Crippen LogP contribution < -0.4 is 10.6 Å². The van der Waals surface area contributed by atoms with Gasteiger partial charge in [-0.25, -0.2) is 0 Å². The number of furan rings is 1. The van der Waals surface area contributed by atoms with E-state index in [1.807, 2.05) is 0 Å². The van der Waals surface area contributed by atoms with E-state index in [2.05, 4.69) is 10.6 Å². The number of ketones is 1. The minimum Gasteiger partial charge on any atom is -0.467 e. The molecule has 6 heteroatoms. The molecule has 6 nitrogen and oxygen atoms in total. The summed E-state index contributed by atoms with van der Waals surface area (Å²) >= 11 is 0. The Morgan fingerprint density at radius 3 is 2.33 bits per heavy atom. The second-order valence-electron chi connectivity index (χ2n) is 4.35. The Hall–Kier alpha value is -2.89. The third kappa shape index (κ3) is 4.04. The van der Waals surface area contributed by atoms with Crippen molar-refractivity contribution in [2.75, 3.05) is 5.32 Å². The molecule has 0 bridgehead atoms. The average Bonchev–Trinajstić information content (AvgIpc) is 2.98. The van der Waals surface area contributed by atoms with Crippen LogP contribution in [-0.4, -0.2) is 17.6 Å². The maximum absolute atomic E-state index is 11.7. The molecule has 0 unspecified atom stereocenters. The van der Waals surface area contributed by atoms with Crippen LogP contribution in [0.25, 0.3) is 0 Å². The molecule has 0 aliphatic carbocycles. The summed E-state index contributed by atoms with van der Waals surface area (Å²) in [6.45, 7) is 1.60. The summed E-state index contributed by atoms with van der Waals surface area (Å²) in [6.07, 6.45) is 1.48. The van der Waals surface area contributed by atoms with E-state index in [0.29, 0.717) is 17.0 Å². The number of hydrogen-bond acceptors (Lipinski definition) is 4. The van der Waals surface area contributed by atoms with Crippen LogP contribution in [0.3, 0.4) is 0 Å². The van der Waals surface area contributed by atoms with Gasteiger partial charge in [-0.15, -0.1) is 0 Å². The molecular weight excluding hydrogens is 272 g/mol. The van der Waals surface area contributed by atoms with Crippen molar-refractivity contribution in [1.29, 1.82) is 0 Å². The molecule has 0 saturated heterocycles. The smallest absolute Gasteiger partial charge is 0.313 e. The molecule has 0 spiro atoms. The van der Waals surface area contributed by atoms with E-state index in [-0.39, 0.29) is 12.3 Å². The summed E-state index contributed by atoms with van der Waals surface area (Å²) in [5, 5.41) is 4.88. The second kappa shape index (κ2) is 6.51. The van der Waals surface area contributed by atoms with Crippen LogP contribution in [0.1, 0.15) is 23.0 Å². The monoisotopic (exact) mass is 286 g/mol. The van der Waals surface area contributed by atoms with Gasteiger partial charge in [-0.1, -0.05) is 0 Å². The van der Waals surface area contributed by atoms with Crippen LogP contribution in [0.4, 0.5) is 5.69 Å². The summed E-state index contributed by atoms with van der Waals surface area (Å²) in [6, 6.07) is 9.68. The van der Waals surface area contributed by atoms with Crippen molar-refractivity contribution < 1.29 is 18.8 Å². The van der Waals surface area contributed by atoms with Gasteiger partial charge in [0, 0.05) is 11.3 Å². The lowest BCUT2D eigenvalue weighted by Crippen LogP contribution is -2.34. The topological polar surface area (TPSA) is 88.4 Å². The molecule has 0 aliphatic rings. The van der Waals surface area contributed by atoms with Gasteiger partial charge in [0.15, 0.2) is 5.78 Å². The van der Waals surface area contributed by atoms with Gasteiger partial charge in [0.1, 0.15) is 5.76 Å². The van der Waals surface area contributed by atoms with Gasteiger partial charge in [0.05, 0.1) is 12.8 Å². The SMILES string of the molecule is CC(=O)c1ccc(NC(=O)C(=O)NCc2ccco2)cc1. The zero-order chi connectivity index (χ0) is 15.2. The van der Waals surface area contributed by atoms with Gasteiger partial charge in [0.25, 0.3) is 0 Å². The first-order chi connectivity index (χ1) is 10.1. The summed E-state index contributed by atoms with van der Waals surface area (Å²) in [7, 11) is 0. The third-order valence-corrected chi connectivity index (χ3v) is 2.76. The first-order valence-electron chi connectivity index (χ1n) is 6.29. The van der Waals surface area contributed by atoms with Crippen LogP contribution in [0.15, 0.2) is 47.1 Å². The molecule has 2 aromatic rings. The largest absolute Gasteiger partial charge is 0.467 e. The molecule has 0 saturated carbocycles. The number of anilines is 1. The maximum atomic E-state index is 11.7. The quantitative estimate of drug-likeness (QED) is 0.662. The summed E-state index contributed by atoms with van der Waals surface area (Å²) in [5.74, 6) is -1.05. The minimum absolute atomic E-state index is 0.0657. The zero-order valence-electron chi connectivity index (χ0n) is 11.4. The molecule has 1 aromatic carbocycles. The van der Waals surface area contributed by atoms with Gasteiger partial charge in [-0.05, 0) is 43.3 Å². The minimum atomic E-state index is -0.780. The normalized spacial score (nSPS) is 9.95. The molecule has 0 fully saturated rings. The maximum Gasteiger partial charge on any atom is 0.313 e. The van der Waals surface area contributed by atoms with Crippen molar-refractivity contribution in [3.8, 4) is 0 Å². The van der Waals surface area contributed by atoms with Gasteiger partial charge >= 0.3 is 11.8 Å². The van der Waals surface area contributed by atoms with Crippen LogP contribution in [0.5, 0.6) is 0 Å². The fourth-order valence-electron chi connectivity index (χ4n) is 1.64. The van der Waals surface area contributed by atoms with E-state index in [4.69, 9.17) is 4.42 Å². The molecule has 1 aromatic heterocycles. The van der Waals surface area contributed by atoms with Gasteiger partial charge in [-0.3, -0.25) is 14.4 Å². The second-order valence-corrected chi connectivity index (χ2v) is 4.35. The molecule has 0 aliphatic heterocycles. The number of carbonyl (C=O) groups excluding carboxylic acids is 3. The van der Waals surface area contributed by atoms with Crippen LogP contribution in [0, 0.1) is 0 Å². The molecule has 0 atom stereocenters. The number of rotatable bonds is 4. The first-order valence-corrected chi connectivity index (χ1v) is 6.29. The number of benzene rings is 1. The number of hydrogen-bond donors (Lipinski definition) is 2. The Bertz CT molecular complexity index is 645. The number of Topliss-reactive ketones (excluding diaryl/α,β-unsaturated/α-hetero) is 1. The zero-order valence-corrected chi connectivity index (χ0v) is 11.4. The predicted octanol–water partition coefficient (Wildman–Crippen LogP) is 1.74. The Balaban J connectivity index is 1.88. The third-order valence-electron chi connectivity index (χ3n) is 2.76. The van der Waals surface area contributed by atoms with Crippen molar-refractivity contribution in [3.05, 3.63) is 54.0 Å².